The van der Waals surface area contributed by atoms with E-state index in [0.717, 1.165) is 40.0 Å². The molecule has 2 N–H and O–H groups in total. The van der Waals surface area contributed by atoms with E-state index in [1.807, 2.05) is 30.5 Å². The minimum Gasteiger partial charge on any atom is -0.326 e. The van der Waals surface area contributed by atoms with E-state index in [2.05, 4.69) is 32.8 Å². The number of hydrogen-bond donors (Lipinski definition) is 1. The smallest absolute Gasteiger partial charge is 0.160 e. The largest absolute Gasteiger partial charge is 0.326 e. The number of aryl methyl sites for hydroxylation is 1. The van der Waals surface area contributed by atoms with Gasteiger partial charge in [-0.2, -0.15) is 0 Å². The lowest BCUT2D eigenvalue weighted by Crippen LogP contribution is -2.06. The monoisotopic (exact) mass is 305 g/mol. The third-order valence-corrected chi connectivity index (χ3v) is 3.47. The molecule has 2 rings (SSSR count). The molecule has 0 aliphatic carbocycles. The first-order chi connectivity index (χ1) is 8.76. The summed E-state index contributed by atoms with van der Waals surface area (Å²) < 4.78 is 1.01. The fourth-order valence-corrected chi connectivity index (χ4v) is 2.30. The fourth-order valence-electron chi connectivity index (χ4n) is 1.84. The van der Waals surface area contributed by atoms with Crippen molar-refractivity contribution in [2.75, 3.05) is 0 Å². The molecule has 0 saturated heterocycles. The van der Waals surface area contributed by atoms with Crippen molar-refractivity contribution in [1.82, 2.24) is 9.97 Å². The summed E-state index contributed by atoms with van der Waals surface area (Å²) in [5, 5.41) is 0. The van der Waals surface area contributed by atoms with Gasteiger partial charge < -0.3 is 5.73 Å². The van der Waals surface area contributed by atoms with Gasteiger partial charge in [-0.15, -0.1) is 0 Å². The number of hydrogen-bond acceptors (Lipinski definition) is 3. The number of aromatic nitrogens is 2. The number of benzene rings is 1. The van der Waals surface area contributed by atoms with Gasteiger partial charge >= 0.3 is 0 Å². The van der Waals surface area contributed by atoms with E-state index in [1.165, 1.54) is 0 Å². The Balaban J connectivity index is 2.47. The molecule has 0 amide bonds. The predicted octanol–water partition coefficient (Wildman–Crippen LogP) is 3.32. The molecule has 0 radical (unpaired) electrons. The summed E-state index contributed by atoms with van der Waals surface area (Å²) >= 11 is 3.53. The molecule has 1 heterocycles. The molecule has 0 aliphatic heterocycles. The van der Waals surface area contributed by atoms with E-state index in [4.69, 9.17) is 5.73 Å². The highest BCUT2D eigenvalue weighted by atomic mass is 79.9. The average molecular weight is 306 g/mol. The van der Waals surface area contributed by atoms with Crippen molar-refractivity contribution in [2.24, 2.45) is 5.73 Å². The maximum Gasteiger partial charge on any atom is 0.160 e. The minimum absolute atomic E-state index is 0.492. The number of nitrogens with zero attached hydrogens (tertiary/aromatic N) is 2. The van der Waals surface area contributed by atoms with Crippen LogP contribution < -0.4 is 5.73 Å². The van der Waals surface area contributed by atoms with Gasteiger partial charge in [-0.25, -0.2) is 9.97 Å². The van der Waals surface area contributed by atoms with Gasteiger partial charge in [-0.05, 0) is 12.5 Å². The van der Waals surface area contributed by atoms with Crippen molar-refractivity contribution < 1.29 is 0 Å². The molecule has 1 aromatic heterocycles. The fraction of sp³-hybridized carbons (Fsp3) is 0.286. The zero-order valence-corrected chi connectivity index (χ0v) is 11.9. The Bertz CT molecular complexity index is 540. The third-order valence-electron chi connectivity index (χ3n) is 2.78. The van der Waals surface area contributed by atoms with Crippen LogP contribution in [0.4, 0.5) is 0 Å². The molecule has 4 heteroatoms. The van der Waals surface area contributed by atoms with Gasteiger partial charge in [-0.3, -0.25) is 0 Å². The second-order valence-corrected chi connectivity index (χ2v) is 4.95. The average Bonchev–Trinajstić information content (AvgIpc) is 2.40. The summed E-state index contributed by atoms with van der Waals surface area (Å²) in [6.45, 7) is 2.63. The third kappa shape index (κ3) is 2.76. The summed E-state index contributed by atoms with van der Waals surface area (Å²) in [5.41, 5.74) is 8.81. The topological polar surface area (TPSA) is 51.8 Å². The second-order valence-electron chi connectivity index (χ2n) is 4.10. The van der Waals surface area contributed by atoms with Crippen LogP contribution in [0.25, 0.3) is 11.4 Å². The van der Waals surface area contributed by atoms with Gasteiger partial charge in [-0.1, -0.05) is 47.5 Å². The van der Waals surface area contributed by atoms with Crippen LogP contribution in [0.3, 0.4) is 0 Å². The highest BCUT2D eigenvalue weighted by Gasteiger charge is 2.09. The van der Waals surface area contributed by atoms with Crippen LogP contribution in [0, 0.1) is 0 Å². The number of nitrogens with two attached hydrogens (primary N) is 1. The van der Waals surface area contributed by atoms with Crippen LogP contribution in [0.5, 0.6) is 0 Å². The van der Waals surface area contributed by atoms with E-state index >= 15 is 0 Å². The van der Waals surface area contributed by atoms with Crippen molar-refractivity contribution in [3.05, 3.63) is 46.2 Å². The lowest BCUT2D eigenvalue weighted by molar-refractivity contribution is 0.840. The van der Waals surface area contributed by atoms with Gasteiger partial charge in [0.25, 0.3) is 0 Å². The van der Waals surface area contributed by atoms with Gasteiger partial charge in [0, 0.05) is 34.0 Å². The molecule has 1 aromatic carbocycles. The molecule has 0 saturated carbocycles. The zero-order chi connectivity index (χ0) is 13.0. The molecule has 0 atom stereocenters. The first-order valence-corrected chi connectivity index (χ1v) is 6.85. The standard InChI is InChI=1S/C14H16BrN3/c1-2-5-13-10(8-16)9-17-14(18-13)11-6-3-4-7-12(11)15/h3-4,6-7,9H,2,5,8,16H2,1H3. The van der Waals surface area contributed by atoms with Crippen molar-refractivity contribution in [1.29, 1.82) is 0 Å². The van der Waals surface area contributed by atoms with E-state index in [-0.39, 0.29) is 0 Å². The summed E-state index contributed by atoms with van der Waals surface area (Å²) in [4.78, 5) is 9.05. The Morgan fingerprint density at radius 1 is 1.28 bits per heavy atom. The summed E-state index contributed by atoms with van der Waals surface area (Å²) in [6.07, 6.45) is 3.83. The van der Waals surface area contributed by atoms with Gasteiger partial charge in [0.15, 0.2) is 5.82 Å². The maximum atomic E-state index is 5.71. The SMILES string of the molecule is CCCc1nc(-c2ccccc2Br)ncc1CN. The zero-order valence-electron chi connectivity index (χ0n) is 10.4. The van der Waals surface area contributed by atoms with E-state index in [1.54, 1.807) is 0 Å². The molecular weight excluding hydrogens is 290 g/mol. The minimum atomic E-state index is 0.492. The highest BCUT2D eigenvalue weighted by molar-refractivity contribution is 9.10. The molecule has 0 unspecified atom stereocenters. The first-order valence-electron chi connectivity index (χ1n) is 6.06. The molecule has 0 bridgehead atoms. The Morgan fingerprint density at radius 3 is 2.72 bits per heavy atom. The Hall–Kier alpha value is -1.26. The molecule has 94 valence electrons. The Morgan fingerprint density at radius 2 is 2.06 bits per heavy atom. The predicted molar refractivity (Wildman–Crippen MR) is 77.1 cm³/mol. The van der Waals surface area contributed by atoms with Crippen LogP contribution in [0.2, 0.25) is 0 Å². The van der Waals surface area contributed by atoms with Crippen LogP contribution in [0.15, 0.2) is 34.9 Å². The maximum absolute atomic E-state index is 5.71. The molecular formula is C14H16BrN3. The lowest BCUT2D eigenvalue weighted by atomic mass is 10.1. The lowest BCUT2D eigenvalue weighted by Gasteiger charge is -2.09. The van der Waals surface area contributed by atoms with E-state index in [9.17, 15) is 0 Å². The van der Waals surface area contributed by atoms with Crippen LogP contribution in [-0.2, 0) is 13.0 Å². The van der Waals surface area contributed by atoms with Crippen LogP contribution >= 0.6 is 15.9 Å². The summed E-state index contributed by atoms with van der Waals surface area (Å²) in [6, 6.07) is 7.97. The van der Waals surface area contributed by atoms with Crippen molar-refractivity contribution in [3.8, 4) is 11.4 Å². The summed E-state index contributed by atoms with van der Waals surface area (Å²) in [7, 11) is 0. The number of rotatable bonds is 4. The van der Waals surface area contributed by atoms with E-state index in [0.29, 0.717) is 6.54 Å². The Labute approximate surface area is 116 Å². The van der Waals surface area contributed by atoms with Gasteiger partial charge in [0.05, 0.1) is 0 Å². The molecule has 18 heavy (non-hydrogen) atoms. The normalized spacial score (nSPS) is 10.6. The van der Waals surface area contributed by atoms with Crippen molar-refractivity contribution >= 4 is 15.9 Å². The van der Waals surface area contributed by atoms with Crippen molar-refractivity contribution in [2.45, 2.75) is 26.3 Å². The van der Waals surface area contributed by atoms with Crippen LogP contribution in [0.1, 0.15) is 24.6 Å². The first kappa shape index (κ1) is 13.2. The highest BCUT2D eigenvalue weighted by Crippen LogP contribution is 2.25. The van der Waals surface area contributed by atoms with Gasteiger partial charge in [0.1, 0.15) is 0 Å². The van der Waals surface area contributed by atoms with Crippen LogP contribution in [-0.4, -0.2) is 9.97 Å². The Kier molecular flexibility index (Phi) is 4.44. The second kappa shape index (κ2) is 6.07. The van der Waals surface area contributed by atoms with Crippen molar-refractivity contribution in [3.63, 3.8) is 0 Å². The molecule has 2 aromatic rings. The quantitative estimate of drug-likeness (QED) is 0.943. The molecule has 0 spiro atoms. The molecule has 0 aliphatic rings. The molecule has 0 fully saturated rings. The summed E-state index contributed by atoms with van der Waals surface area (Å²) in [5.74, 6) is 0.753. The van der Waals surface area contributed by atoms with E-state index < -0.39 is 0 Å². The number of halogens is 1. The molecule has 3 nitrogen and oxygen atoms in total. The van der Waals surface area contributed by atoms with Gasteiger partial charge in [0.2, 0.25) is 0 Å².